The van der Waals surface area contributed by atoms with E-state index in [2.05, 4.69) is 95.9 Å². The number of aryl methyl sites for hydroxylation is 1. The fourth-order valence-electron chi connectivity index (χ4n) is 5.27. The zero-order valence-corrected chi connectivity index (χ0v) is 27.5. The Morgan fingerprint density at radius 2 is 1.53 bits per heavy atom. The van der Waals surface area contributed by atoms with E-state index in [1.165, 1.54) is 44.1 Å². The molecule has 0 atom stereocenters. The lowest BCUT2D eigenvalue weighted by Crippen LogP contribution is -2.32. The summed E-state index contributed by atoms with van der Waals surface area (Å²) in [7, 11) is 0. The molecule has 2 heterocycles. The van der Waals surface area contributed by atoms with Gasteiger partial charge in [-0.1, -0.05) is 127 Å². The highest BCUT2D eigenvalue weighted by Gasteiger charge is 2.32. The van der Waals surface area contributed by atoms with Gasteiger partial charge in [0, 0.05) is 11.4 Å². The van der Waals surface area contributed by atoms with Crippen molar-refractivity contribution in [2.45, 2.75) is 24.7 Å². The van der Waals surface area contributed by atoms with Gasteiger partial charge in [-0.05, 0) is 78.4 Å². The number of allylic oxidation sites excluding steroid dienone is 4. The summed E-state index contributed by atoms with van der Waals surface area (Å²) in [4.78, 5) is 19.1. The van der Waals surface area contributed by atoms with E-state index < -0.39 is 0 Å². The van der Waals surface area contributed by atoms with Crippen LogP contribution in [0.5, 0.6) is 5.75 Å². The molecule has 1 saturated heterocycles. The molecule has 0 aromatic heterocycles. The molecule has 1 fully saturated rings. The predicted octanol–water partition coefficient (Wildman–Crippen LogP) is 9.51. The molecule has 2 aliphatic rings. The molecule has 0 aliphatic carbocycles. The Hall–Kier alpha value is -4.04. The van der Waals surface area contributed by atoms with Gasteiger partial charge < -0.3 is 9.64 Å². The summed E-state index contributed by atoms with van der Waals surface area (Å²) < 4.78 is 6.35. The number of carbonyl (C=O) groups excluding carboxylic acids is 1. The summed E-state index contributed by atoms with van der Waals surface area (Å²) in [5.41, 5.74) is 6.02. The molecule has 0 unspecified atom stereocenters. The Balaban J connectivity index is 1.17. The highest BCUT2D eigenvalue weighted by Crippen LogP contribution is 2.47. The van der Waals surface area contributed by atoms with Gasteiger partial charge in [0.1, 0.15) is 16.7 Å². The summed E-state index contributed by atoms with van der Waals surface area (Å²) in [6.45, 7) is 3.74. The molecule has 0 N–H and O–H groups in total. The molecule has 0 bridgehead atoms. The van der Waals surface area contributed by atoms with Gasteiger partial charge in [-0.2, -0.15) is 0 Å². The third-order valence-electron chi connectivity index (χ3n) is 7.58. The first-order chi connectivity index (χ1) is 22.0. The lowest BCUT2D eigenvalue weighted by atomic mass is 10.0. The van der Waals surface area contributed by atoms with Crippen LogP contribution >= 0.6 is 35.7 Å². The average molecular weight is 647 g/mol. The Morgan fingerprint density at radius 1 is 0.822 bits per heavy atom. The Bertz CT molecular complexity index is 1750. The number of thioether (sulfide) groups is 2. The second kappa shape index (κ2) is 14.8. The lowest BCUT2D eigenvalue weighted by Gasteiger charge is -2.21. The van der Waals surface area contributed by atoms with E-state index in [0.717, 1.165) is 30.7 Å². The van der Waals surface area contributed by atoms with E-state index in [0.29, 0.717) is 22.4 Å². The number of amides is 1. The number of hydrogen-bond acceptors (Lipinski definition) is 6. The molecule has 226 valence electrons. The van der Waals surface area contributed by atoms with Crippen LogP contribution in [0, 0.1) is 0 Å². The van der Waals surface area contributed by atoms with Crippen LogP contribution < -0.4 is 9.64 Å². The number of para-hydroxylation sites is 1. The maximum absolute atomic E-state index is 13.2. The van der Waals surface area contributed by atoms with Crippen molar-refractivity contribution in [1.82, 2.24) is 4.90 Å². The van der Waals surface area contributed by atoms with Crippen LogP contribution in [0.25, 0.3) is 11.1 Å². The third kappa shape index (κ3) is 7.79. The van der Waals surface area contributed by atoms with E-state index in [-0.39, 0.29) is 5.91 Å². The number of ether oxygens (including phenoxy) is 1. The van der Waals surface area contributed by atoms with Crippen molar-refractivity contribution < 1.29 is 9.53 Å². The standard InChI is InChI=1S/C38H34N2O2S3/c1-28(26-35-37(41)40(38(43)45-35)24-25-42-32-17-9-4-10-18-32)19-22-36-39(23-11-14-29-12-5-2-6-13-29)33-27-31(20-21-34(33)44-36)30-15-7-3-8-16-30/h2-10,12-13,15-22,26-27H,11,14,23-25H2,1H3/b28-19?,35-26+,36-22?. The van der Waals surface area contributed by atoms with Gasteiger partial charge in [0.2, 0.25) is 0 Å². The first-order valence-corrected chi connectivity index (χ1v) is 17.1. The smallest absolute Gasteiger partial charge is 0.266 e. The number of rotatable bonds is 11. The summed E-state index contributed by atoms with van der Waals surface area (Å²) in [5, 5.41) is 1.18. The second-order valence-electron chi connectivity index (χ2n) is 10.8. The van der Waals surface area contributed by atoms with Crippen LogP contribution in [-0.4, -0.2) is 34.8 Å². The van der Waals surface area contributed by atoms with Crippen molar-refractivity contribution in [1.29, 1.82) is 0 Å². The van der Waals surface area contributed by atoms with Crippen molar-refractivity contribution >= 4 is 51.7 Å². The van der Waals surface area contributed by atoms with Crippen LogP contribution in [0.2, 0.25) is 0 Å². The highest BCUT2D eigenvalue weighted by atomic mass is 32.2. The summed E-state index contributed by atoms with van der Waals surface area (Å²) in [6, 6.07) is 37.6. The average Bonchev–Trinajstić information content (AvgIpc) is 3.55. The quantitative estimate of drug-likeness (QED) is 0.119. The largest absolute Gasteiger partial charge is 0.492 e. The minimum Gasteiger partial charge on any atom is -0.492 e. The second-order valence-corrected chi connectivity index (χ2v) is 13.5. The first-order valence-electron chi connectivity index (χ1n) is 15.1. The van der Waals surface area contributed by atoms with Gasteiger partial charge in [0.15, 0.2) is 0 Å². The van der Waals surface area contributed by atoms with E-state index in [1.54, 1.807) is 16.7 Å². The highest BCUT2D eigenvalue weighted by molar-refractivity contribution is 8.26. The Morgan fingerprint density at radius 3 is 2.29 bits per heavy atom. The summed E-state index contributed by atoms with van der Waals surface area (Å²) in [5.74, 6) is 0.711. The summed E-state index contributed by atoms with van der Waals surface area (Å²) >= 11 is 8.68. The minimum atomic E-state index is -0.0688. The first kappa shape index (κ1) is 31.0. The maximum Gasteiger partial charge on any atom is 0.266 e. The third-order valence-corrected chi connectivity index (χ3v) is 10.1. The lowest BCUT2D eigenvalue weighted by molar-refractivity contribution is -0.122. The maximum atomic E-state index is 13.2. The van der Waals surface area contributed by atoms with E-state index in [1.807, 2.05) is 43.3 Å². The van der Waals surface area contributed by atoms with Crippen LogP contribution in [-0.2, 0) is 11.2 Å². The monoisotopic (exact) mass is 646 g/mol. The Labute approximate surface area is 279 Å². The van der Waals surface area contributed by atoms with Crippen molar-refractivity contribution in [3.8, 4) is 16.9 Å². The minimum absolute atomic E-state index is 0.0688. The fourth-order valence-corrected chi connectivity index (χ4v) is 7.70. The van der Waals surface area contributed by atoms with Crippen molar-refractivity contribution in [3.63, 3.8) is 0 Å². The molecule has 7 heteroatoms. The van der Waals surface area contributed by atoms with Gasteiger partial charge in [-0.25, -0.2) is 0 Å². The SMILES string of the molecule is CC(=CC=C1Sc2ccc(-c3ccccc3)cc2N1CCCc1ccccc1)/C=C1/SC(=S)N(CCOc2ccccc2)C1=O. The van der Waals surface area contributed by atoms with Crippen molar-refractivity contribution in [2.24, 2.45) is 0 Å². The number of hydrogen-bond donors (Lipinski definition) is 0. The van der Waals surface area contributed by atoms with Gasteiger partial charge in [-0.3, -0.25) is 9.69 Å². The van der Waals surface area contributed by atoms with Crippen LogP contribution in [0.3, 0.4) is 0 Å². The van der Waals surface area contributed by atoms with Crippen LogP contribution in [0.15, 0.2) is 148 Å². The molecule has 4 nitrogen and oxygen atoms in total. The number of benzene rings is 4. The molecule has 0 saturated carbocycles. The van der Waals surface area contributed by atoms with Gasteiger partial charge in [-0.15, -0.1) is 0 Å². The molecule has 0 radical (unpaired) electrons. The molecule has 4 aromatic rings. The number of anilines is 1. The number of fused-ring (bicyclic) bond motifs is 1. The van der Waals surface area contributed by atoms with E-state index >= 15 is 0 Å². The van der Waals surface area contributed by atoms with E-state index in [9.17, 15) is 4.79 Å². The van der Waals surface area contributed by atoms with Crippen molar-refractivity contribution in [3.05, 3.63) is 148 Å². The van der Waals surface area contributed by atoms with E-state index in [4.69, 9.17) is 17.0 Å². The number of nitrogens with zero attached hydrogens (tertiary/aromatic N) is 2. The summed E-state index contributed by atoms with van der Waals surface area (Å²) in [6.07, 6.45) is 8.28. The van der Waals surface area contributed by atoms with Crippen molar-refractivity contribution in [2.75, 3.05) is 24.6 Å². The van der Waals surface area contributed by atoms with Gasteiger partial charge in [0.25, 0.3) is 5.91 Å². The van der Waals surface area contributed by atoms with Gasteiger partial charge >= 0.3 is 0 Å². The molecular formula is C38H34N2O2S3. The normalized spacial score (nSPS) is 16.6. The molecular weight excluding hydrogens is 613 g/mol. The van der Waals surface area contributed by atoms with Gasteiger partial charge in [0.05, 0.1) is 22.2 Å². The molecule has 2 aliphatic heterocycles. The number of thiocarbonyl (C=S) groups is 1. The zero-order chi connectivity index (χ0) is 31.0. The van der Waals surface area contributed by atoms with Crippen LogP contribution in [0.1, 0.15) is 18.9 Å². The molecule has 1 amide bonds. The van der Waals surface area contributed by atoms with Crippen LogP contribution in [0.4, 0.5) is 5.69 Å². The Kier molecular flexibility index (Phi) is 10.2. The molecule has 4 aromatic carbocycles. The zero-order valence-electron chi connectivity index (χ0n) is 25.1. The molecule has 0 spiro atoms. The number of carbonyl (C=O) groups is 1. The predicted molar refractivity (Wildman–Crippen MR) is 194 cm³/mol. The topological polar surface area (TPSA) is 32.8 Å². The fraction of sp³-hybridized carbons (Fsp3) is 0.158. The molecule has 6 rings (SSSR count). The molecule has 45 heavy (non-hydrogen) atoms.